The first kappa shape index (κ1) is 16.8. The van der Waals surface area contributed by atoms with Gasteiger partial charge in [-0.05, 0) is 12.3 Å². The number of piperazine rings is 1. The fourth-order valence-electron chi connectivity index (χ4n) is 3.24. The van der Waals surface area contributed by atoms with Gasteiger partial charge in [0, 0.05) is 22.9 Å². The molecule has 0 bridgehead atoms. The molecule has 3 rings (SSSR count). The van der Waals surface area contributed by atoms with Crippen molar-refractivity contribution in [2.45, 2.75) is 24.6 Å². The highest BCUT2D eigenvalue weighted by Gasteiger charge is 2.54. The number of carbonyl (C=O) groups excluding carboxylic acids is 3. The van der Waals surface area contributed by atoms with Crippen LogP contribution in [-0.2, 0) is 20.0 Å². The molecule has 0 radical (unpaired) electrons. The van der Waals surface area contributed by atoms with E-state index in [1.807, 2.05) is 6.26 Å². The lowest BCUT2D eigenvalue weighted by Crippen LogP contribution is -2.66. The van der Waals surface area contributed by atoms with Crippen LogP contribution >= 0.6 is 11.8 Å². The van der Waals surface area contributed by atoms with Gasteiger partial charge in [0.15, 0.2) is 5.60 Å². The molecule has 8 heteroatoms. The summed E-state index contributed by atoms with van der Waals surface area (Å²) in [5.41, 5.74) is -0.950. The van der Waals surface area contributed by atoms with Gasteiger partial charge in [-0.25, -0.2) is 0 Å². The molecule has 0 unspecified atom stereocenters. The summed E-state index contributed by atoms with van der Waals surface area (Å²) in [6.45, 7) is 1.58. The fraction of sp³-hybridized carbons (Fsp3) is 0.438. The van der Waals surface area contributed by atoms with Crippen LogP contribution in [0.25, 0.3) is 0 Å². The van der Waals surface area contributed by atoms with E-state index in [-0.39, 0.29) is 5.91 Å². The molecule has 24 heavy (non-hydrogen) atoms. The first-order chi connectivity index (χ1) is 11.4. The third-order valence-electron chi connectivity index (χ3n) is 4.64. The fourth-order valence-corrected chi connectivity index (χ4v) is 3.81. The minimum absolute atomic E-state index is 0.309. The summed E-state index contributed by atoms with van der Waals surface area (Å²) < 4.78 is 0. The van der Waals surface area contributed by atoms with Crippen LogP contribution in [0.5, 0.6) is 0 Å². The van der Waals surface area contributed by atoms with Crippen molar-refractivity contribution >= 4 is 35.2 Å². The summed E-state index contributed by atoms with van der Waals surface area (Å²) >= 11 is 1.45. The summed E-state index contributed by atoms with van der Waals surface area (Å²) in [7, 11) is 0. The maximum atomic E-state index is 12.4. The van der Waals surface area contributed by atoms with E-state index in [0.29, 0.717) is 17.0 Å². The molecule has 0 saturated carbocycles. The van der Waals surface area contributed by atoms with Gasteiger partial charge < -0.3 is 21.1 Å². The van der Waals surface area contributed by atoms with E-state index in [4.69, 9.17) is 0 Å². The molecule has 128 valence electrons. The van der Waals surface area contributed by atoms with Crippen LogP contribution in [0.15, 0.2) is 24.3 Å². The molecule has 2 aliphatic heterocycles. The molecule has 1 saturated heterocycles. The molecule has 4 atom stereocenters. The topological polar surface area (TPSA) is 108 Å². The molecule has 1 aromatic rings. The zero-order valence-electron chi connectivity index (χ0n) is 13.3. The summed E-state index contributed by atoms with van der Waals surface area (Å²) in [5, 5.41) is 19.0. The second-order valence-corrected chi connectivity index (χ2v) is 6.97. The SMILES string of the molecule is CSC[C@@H]1NC(=O)[C@H]([C@@H](C)[C@@]2(O)C(=O)Nc3ccccc32)NC1=O. The van der Waals surface area contributed by atoms with Crippen molar-refractivity contribution in [2.24, 2.45) is 5.92 Å². The predicted molar refractivity (Wildman–Crippen MR) is 90.4 cm³/mol. The number of carbonyl (C=O) groups is 3. The Bertz CT molecular complexity index is 710. The minimum Gasteiger partial charge on any atom is -0.375 e. The van der Waals surface area contributed by atoms with Crippen molar-refractivity contribution in [3.63, 3.8) is 0 Å². The maximum absolute atomic E-state index is 12.4. The Hall–Kier alpha value is -2.06. The van der Waals surface area contributed by atoms with E-state index < -0.39 is 35.4 Å². The van der Waals surface area contributed by atoms with Crippen LogP contribution in [0.2, 0.25) is 0 Å². The van der Waals surface area contributed by atoms with Crippen LogP contribution in [0.3, 0.4) is 0 Å². The van der Waals surface area contributed by atoms with Gasteiger partial charge >= 0.3 is 0 Å². The van der Waals surface area contributed by atoms with Crippen LogP contribution in [0.4, 0.5) is 5.69 Å². The Labute approximate surface area is 143 Å². The average molecular weight is 349 g/mol. The van der Waals surface area contributed by atoms with Gasteiger partial charge in [0.1, 0.15) is 12.1 Å². The molecule has 2 aliphatic rings. The minimum atomic E-state index is -1.88. The van der Waals surface area contributed by atoms with Gasteiger partial charge in [-0.3, -0.25) is 14.4 Å². The summed E-state index contributed by atoms with van der Waals surface area (Å²) in [5.74, 6) is -1.67. The van der Waals surface area contributed by atoms with Gasteiger partial charge in [-0.1, -0.05) is 25.1 Å². The van der Waals surface area contributed by atoms with Crippen molar-refractivity contribution in [1.82, 2.24) is 10.6 Å². The largest absolute Gasteiger partial charge is 0.375 e. The normalized spacial score (nSPS) is 30.2. The number of anilines is 1. The molecule has 1 aromatic carbocycles. The van der Waals surface area contributed by atoms with Crippen molar-refractivity contribution in [1.29, 1.82) is 0 Å². The number of amides is 3. The van der Waals surface area contributed by atoms with Gasteiger partial charge in [0.05, 0.1) is 0 Å². The first-order valence-electron chi connectivity index (χ1n) is 7.62. The number of rotatable bonds is 4. The van der Waals surface area contributed by atoms with Crippen molar-refractivity contribution in [3.05, 3.63) is 29.8 Å². The molecule has 0 spiro atoms. The lowest BCUT2D eigenvalue weighted by Gasteiger charge is -2.37. The second-order valence-electron chi connectivity index (χ2n) is 6.06. The summed E-state index contributed by atoms with van der Waals surface area (Å²) in [4.78, 5) is 37.0. The molecule has 0 aliphatic carbocycles. The van der Waals surface area contributed by atoms with Crippen LogP contribution < -0.4 is 16.0 Å². The van der Waals surface area contributed by atoms with E-state index >= 15 is 0 Å². The van der Waals surface area contributed by atoms with Crippen LogP contribution in [-0.4, -0.2) is 46.9 Å². The number of benzene rings is 1. The number of hydrogen-bond acceptors (Lipinski definition) is 5. The van der Waals surface area contributed by atoms with Crippen LogP contribution in [0, 0.1) is 5.92 Å². The van der Waals surface area contributed by atoms with E-state index in [0.717, 1.165) is 0 Å². The third-order valence-corrected chi connectivity index (χ3v) is 5.30. The third kappa shape index (κ3) is 2.46. The number of thioether (sulfide) groups is 1. The zero-order valence-corrected chi connectivity index (χ0v) is 14.1. The van der Waals surface area contributed by atoms with Crippen molar-refractivity contribution in [2.75, 3.05) is 17.3 Å². The highest BCUT2D eigenvalue weighted by atomic mass is 32.2. The van der Waals surface area contributed by atoms with E-state index in [1.54, 1.807) is 31.2 Å². The van der Waals surface area contributed by atoms with Gasteiger partial charge in [0.2, 0.25) is 11.8 Å². The maximum Gasteiger partial charge on any atom is 0.261 e. The summed E-state index contributed by atoms with van der Waals surface area (Å²) in [6, 6.07) is 5.20. The van der Waals surface area contributed by atoms with Crippen molar-refractivity contribution in [3.8, 4) is 0 Å². The lowest BCUT2D eigenvalue weighted by molar-refractivity contribution is -0.148. The van der Waals surface area contributed by atoms with E-state index in [9.17, 15) is 19.5 Å². The Kier molecular flexibility index (Phi) is 4.27. The number of para-hydroxylation sites is 1. The van der Waals surface area contributed by atoms with Gasteiger partial charge in [0.25, 0.3) is 5.91 Å². The molecule has 1 fully saturated rings. The molecular formula is C16H19N3O4S. The molecule has 0 aromatic heterocycles. The lowest BCUT2D eigenvalue weighted by atomic mass is 9.78. The molecule has 4 N–H and O–H groups in total. The average Bonchev–Trinajstić information content (AvgIpc) is 2.82. The second kappa shape index (κ2) is 6.10. The standard InChI is InChI=1S/C16H19N3O4S/c1-8(12-14(21)17-11(7-24-2)13(20)19-12)16(23)9-5-3-4-6-10(9)18-15(16)22/h3-6,8,11-12,23H,7H2,1-2H3,(H,17,21)(H,18,22)(H,19,20)/t8-,11+,12+,16+/m1/s1. The number of aliphatic hydroxyl groups is 1. The number of hydrogen-bond donors (Lipinski definition) is 4. The van der Waals surface area contributed by atoms with E-state index in [1.165, 1.54) is 11.8 Å². The predicted octanol–water partition coefficient (Wildman–Crippen LogP) is -0.191. The zero-order chi connectivity index (χ0) is 17.5. The quantitative estimate of drug-likeness (QED) is 0.603. The van der Waals surface area contributed by atoms with Crippen LogP contribution in [0.1, 0.15) is 12.5 Å². The highest BCUT2D eigenvalue weighted by Crippen LogP contribution is 2.42. The van der Waals surface area contributed by atoms with E-state index in [2.05, 4.69) is 16.0 Å². The summed E-state index contributed by atoms with van der Waals surface area (Å²) in [6.07, 6.45) is 1.84. The molecule has 3 amide bonds. The van der Waals surface area contributed by atoms with Crippen molar-refractivity contribution < 1.29 is 19.5 Å². The number of fused-ring (bicyclic) bond motifs is 1. The Balaban J connectivity index is 1.89. The Morgan fingerprint density at radius 2 is 1.92 bits per heavy atom. The molecule has 2 heterocycles. The van der Waals surface area contributed by atoms with Gasteiger partial charge in [-0.2, -0.15) is 11.8 Å². The highest BCUT2D eigenvalue weighted by molar-refractivity contribution is 7.98. The first-order valence-corrected chi connectivity index (χ1v) is 9.02. The number of nitrogens with one attached hydrogen (secondary N) is 3. The van der Waals surface area contributed by atoms with Gasteiger partial charge in [-0.15, -0.1) is 0 Å². The molecule has 7 nitrogen and oxygen atoms in total. The Morgan fingerprint density at radius 1 is 1.21 bits per heavy atom. The molecular weight excluding hydrogens is 330 g/mol. The smallest absolute Gasteiger partial charge is 0.261 e. The monoisotopic (exact) mass is 349 g/mol. The Morgan fingerprint density at radius 3 is 2.62 bits per heavy atom.